The summed E-state index contributed by atoms with van der Waals surface area (Å²) >= 11 is 0. The molecule has 0 radical (unpaired) electrons. The summed E-state index contributed by atoms with van der Waals surface area (Å²) in [4.78, 5) is 22.2. The number of hydrogen-bond donors (Lipinski definition) is 0. The Bertz CT molecular complexity index is 464. The summed E-state index contributed by atoms with van der Waals surface area (Å²) in [6.45, 7) is 5.17. The summed E-state index contributed by atoms with van der Waals surface area (Å²) in [6, 6.07) is -0.256. The lowest BCUT2D eigenvalue weighted by atomic mass is 10.2. The number of hydrogen-bond acceptors (Lipinski definition) is 6. The second-order valence-corrected chi connectivity index (χ2v) is 4.44. The maximum absolute atomic E-state index is 11.8. The van der Waals surface area contributed by atoms with Crippen molar-refractivity contribution in [2.24, 2.45) is 0 Å². The largest absolute Gasteiger partial charge is 0.478 e. The molecule has 19 heavy (non-hydrogen) atoms. The van der Waals surface area contributed by atoms with Gasteiger partial charge in [0.2, 0.25) is 5.88 Å². The minimum Gasteiger partial charge on any atom is -0.478 e. The van der Waals surface area contributed by atoms with Crippen molar-refractivity contribution in [3.63, 3.8) is 0 Å². The van der Waals surface area contributed by atoms with E-state index in [9.17, 15) is 4.79 Å². The van der Waals surface area contributed by atoms with Gasteiger partial charge < -0.3 is 14.4 Å². The van der Waals surface area contributed by atoms with Crippen LogP contribution in [0.2, 0.25) is 0 Å². The summed E-state index contributed by atoms with van der Waals surface area (Å²) in [7, 11) is 1.41. The lowest BCUT2D eigenvalue weighted by Gasteiger charge is -2.25. The summed E-state index contributed by atoms with van der Waals surface area (Å²) in [5.41, 5.74) is 0.861. The third-order valence-electron chi connectivity index (χ3n) is 3.29. The van der Waals surface area contributed by atoms with E-state index in [2.05, 4.69) is 9.97 Å². The monoisotopic (exact) mass is 265 g/mol. The summed E-state index contributed by atoms with van der Waals surface area (Å²) in [6.07, 6.45) is 3.22. The first kappa shape index (κ1) is 13.6. The molecule has 1 aliphatic heterocycles. The molecule has 0 N–H and O–H groups in total. The minimum absolute atomic E-state index is 0.214. The molecule has 1 aromatic rings. The molecule has 6 heteroatoms. The molecule has 0 amide bonds. The van der Waals surface area contributed by atoms with Gasteiger partial charge in [-0.25, -0.2) is 14.8 Å². The van der Waals surface area contributed by atoms with Crippen molar-refractivity contribution in [1.82, 2.24) is 9.97 Å². The number of aromatic nitrogens is 2. The number of nitrogens with zero attached hydrogens (tertiary/aromatic N) is 3. The van der Waals surface area contributed by atoms with Gasteiger partial charge >= 0.3 is 5.97 Å². The average molecular weight is 265 g/mol. The predicted molar refractivity (Wildman–Crippen MR) is 70.3 cm³/mol. The zero-order valence-corrected chi connectivity index (χ0v) is 11.5. The van der Waals surface area contributed by atoms with Gasteiger partial charge in [0.05, 0.1) is 19.3 Å². The Balaban J connectivity index is 2.30. The van der Waals surface area contributed by atoms with Crippen LogP contribution in [0.5, 0.6) is 5.88 Å². The number of ether oxygens (including phenoxy) is 2. The molecular weight excluding hydrogens is 246 g/mol. The van der Waals surface area contributed by atoms with Crippen LogP contribution in [0.15, 0.2) is 6.33 Å². The third kappa shape index (κ3) is 2.62. The van der Waals surface area contributed by atoms with Crippen molar-refractivity contribution in [2.75, 3.05) is 25.2 Å². The van der Waals surface area contributed by atoms with Crippen LogP contribution in [0.25, 0.3) is 0 Å². The molecule has 6 nitrogen and oxygen atoms in total. The number of carbonyl (C=O) groups is 1. The maximum Gasteiger partial charge on any atom is 0.328 e. The number of anilines is 1. The Kier molecular flexibility index (Phi) is 4.19. The molecule has 0 aliphatic carbocycles. The molecule has 1 atom stereocenters. The lowest BCUT2D eigenvalue weighted by molar-refractivity contribution is -0.141. The van der Waals surface area contributed by atoms with E-state index < -0.39 is 0 Å². The smallest absolute Gasteiger partial charge is 0.328 e. The number of rotatable bonds is 4. The first-order valence-electron chi connectivity index (χ1n) is 6.47. The van der Waals surface area contributed by atoms with Crippen LogP contribution in [0.4, 0.5) is 5.82 Å². The molecule has 0 spiro atoms. The van der Waals surface area contributed by atoms with Crippen molar-refractivity contribution in [3.8, 4) is 5.88 Å². The topological polar surface area (TPSA) is 64.6 Å². The highest BCUT2D eigenvalue weighted by Crippen LogP contribution is 2.30. The Morgan fingerprint density at radius 3 is 3.00 bits per heavy atom. The summed E-state index contributed by atoms with van der Waals surface area (Å²) in [5.74, 6) is 1.11. The van der Waals surface area contributed by atoms with E-state index in [1.807, 2.05) is 18.7 Å². The van der Waals surface area contributed by atoms with Crippen LogP contribution >= 0.6 is 0 Å². The van der Waals surface area contributed by atoms with E-state index in [4.69, 9.17) is 9.47 Å². The molecule has 1 aromatic heterocycles. The molecule has 2 heterocycles. The molecule has 1 aliphatic rings. The molecule has 0 saturated carbocycles. The quantitative estimate of drug-likeness (QED) is 0.765. The Morgan fingerprint density at radius 1 is 1.53 bits per heavy atom. The minimum atomic E-state index is -0.256. The van der Waals surface area contributed by atoms with Crippen molar-refractivity contribution < 1.29 is 14.3 Å². The van der Waals surface area contributed by atoms with Crippen LogP contribution in [-0.4, -0.2) is 42.2 Å². The van der Waals surface area contributed by atoms with E-state index in [1.54, 1.807) is 0 Å². The molecule has 0 aromatic carbocycles. The fraction of sp³-hybridized carbons (Fsp3) is 0.615. The second-order valence-electron chi connectivity index (χ2n) is 4.44. The molecule has 2 rings (SSSR count). The average Bonchev–Trinajstić information content (AvgIpc) is 2.89. The highest BCUT2D eigenvalue weighted by atomic mass is 16.5. The SMILES string of the molecule is CCOc1ncnc(N2CCCC2C(=O)OC)c1C. The van der Waals surface area contributed by atoms with Crippen molar-refractivity contribution in [2.45, 2.75) is 32.7 Å². The van der Waals surface area contributed by atoms with Crippen LogP contribution in [0, 0.1) is 6.92 Å². The Morgan fingerprint density at radius 2 is 2.32 bits per heavy atom. The molecule has 1 fully saturated rings. The number of carbonyl (C=O) groups excluding carboxylic acids is 1. The number of esters is 1. The van der Waals surface area contributed by atoms with Gasteiger partial charge in [0.25, 0.3) is 0 Å². The first-order chi connectivity index (χ1) is 9.19. The highest BCUT2D eigenvalue weighted by molar-refractivity contribution is 5.80. The molecule has 0 bridgehead atoms. The van der Waals surface area contributed by atoms with Crippen LogP contribution in [-0.2, 0) is 9.53 Å². The van der Waals surface area contributed by atoms with E-state index in [0.29, 0.717) is 12.5 Å². The van der Waals surface area contributed by atoms with Crippen molar-refractivity contribution in [3.05, 3.63) is 11.9 Å². The zero-order valence-electron chi connectivity index (χ0n) is 11.5. The van der Waals surface area contributed by atoms with Crippen LogP contribution in [0.3, 0.4) is 0 Å². The van der Waals surface area contributed by atoms with E-state index in [-0.39, 0.29) is 12.0 Å². The second kappa shape index (κ2) is 5.86. The highest BCUT2D eigenvalue weighted by Gasteiger charge is 2.33. The fourth-order valence-corrected chi connectivity index (χ4v) is 2.40. The zero-order chi connectivity index (χ0) is 13.8. The molecular formula is C13H19N3O3. The van der Waals surface area contributed by atoms with Crippen molar-refractivity contribution in [1.29, 1.82) is 0 Å². The van der Waals surface area contributed by atoms with Gasteiger partial charge in [0.15, 0.2) is 0 Å². The number of methoxy groups -OCH3 is 1. The van der Waals surface area contributed by atoms with Crippen LogP contribution in [0.1, 0.15) is 25.3 Å². The first-order valence-corrected chi connectivity index (χ1v) is 6.47. The van der Waals surface area contributed by atoms with Gasteiger partial charge in [-0.15, -0.1) is 0 Å². The van der Waals surface area contributed by atoms with E-state index in [0.717, 1.165) is 30.8 Å². The maximum atomic E-state index is 11.8. The summed E-state index contributed by atoms with van der Waals surface area (Å²) < 4.78 is 10.3. The van der Waals surface area contributed by atoms with E-state index in [1.165, 1.54) is 13.4 Å². The lowest BCUT2D eigenvalue weighted by Crippen LogP contribution is -2.37. The Hall–Kier alpha value is -1.85. The molecule has 104 valence electrons. The van der Waals surface area contributed by atoms with Gasteiger partial charge in [0, 0.05) is 6.54 Å². The van der Waals surface area contributed by atoms with Gasteiger partial charge in [-0.1, -0.05) is 0 Å². The van der Waals surface area contributed by atoms with Gasteiger partial charge in [-0.2, -0.15) is 0 Å². The normalized spacial score (nSPS) is 18.5. The molecule has 1 unspecified atom stereocenters. The fourth-order valence-electron chi connectivity index (χ4n) is 2.40. The van der Waals surface area contributed by atoms with Crippen molar-refractivity contribution >= 4 is 11.8 Å². The Labute approximate surface area is 112 Å². The van der Waals surface area contributed by atoms with Crippen LogP contribution < -0.4 is 9.64 Å². The van der Waals surface area contributed by atoms with E-state index >= 15 is 0 Å². The molecule has 1 saturated heterocycles. The third-order valence-corrected chi connectivity index (χ3v) is 3.29. The standard InChI is InChI=1S/C13H19N3O3/c1-4-19-12-9(2)11(14-8-15-12)16-7-5-6-10(16)13(17)18-3/h8,10H,4-7H2,1-3H3. The summed E-state index contributed by atoms with van der Waals surface area (Å²) in [5, 5.41) is 0. The van der Waals surface area contributed by atoms with Gasteiger partial charge in [-0.05, 0) is 26.7 Å². The van der Waals surface area contributed by atoms with Gasteiger partial charge in [-0.3, -0.25) is 0 Å². The van der Waals surface area contributed by atoms with Gasteiger partial charge in [0.1, 0.15) is 18.2 Å². The predicted octanol–water partition coefficient (Wildman–Crippen LogP) is 1.33.